The molecule has 1 saturated heterocycles. The number of amides is 2. The molecule has 0 bridgehead atoms. The van der Waals surface area contributed by atoms with Gasteiger partial charge < -0.3 is 16.0 Å². The molecule has 1 unspecified atom stereocenters. The van der Waals surface area contributed by atoms with Crippen molar-refractivity contribution in [3.05, 3.63) is 0 Å². The average molecular weight is 253 g/mol. The SMILES string of the molecule is NC(CC(=O)NCC(=O)N1CCCCC1)C1CC1. The van der Waals surface area contributed by atoms with Gasteiger partial charge in [0.1, 0.15) is 0 Å². The number of nitrogens with zero attached hydrogens (tertiary/aromatic N) is 1. The molecule has 1 atom stereocenters. The standard InChI is InChI=1S/C13H23N3O2/c14-11(10-4-5-10)8-12(17)15-9-13(18)16-6-2-1-3-7-16/h10-11H,1-9,14H2,(H,15,17). The van der Waals surface area contributed by atoms with Crippen molar-refractivity contribution < 1.29 is 9.59 Å². The lowest BCUT2D eigenvalue weighted by Gasteiger charge is -2.26. The van der Waals surface area contributed by atoms with E-state index < -0.39 is 0 Å². The van der Waals surface area contributed by atoms with Crippen LogP contribution in [0.4, 0.5) is 0 Å². The predicted octanol–water partition coefficient (Wildman–Crippen LogP) is 0.242. The molecule has 1 heterocycles. The Morgan fingerprint density at radius 2 is 1.89 bits per heavy atom. The van der Waals surface area contributed by atoms with Crippen molar-refractivity contribution in [3.63, 3.8) is 0 Å². The molecular weight excluding hydrogens is 230 g/mol. The van der Waals surface area contributed by atoms with E-state index in [0.29, 0.717) is 12.3 Å². The van der Waals surface area contributed by atoms with E-state index >= 15 is 0 Å². The van der Waals surface area contributed by atoms with Gasteiger partial charge >= 0.3 is 0 Å². The first-order valence-corrected chi connectivity index (χ1v) is 6.97. The molecule has 1 aliphatic carbocycles. The molecule has 0 spiro atoms. The Morgan fingerprint density at radius 1 is 1.22 bits per heavy atom. The molecule has 1 saturated carbocycles. The van der Waals surface area contributed by atoms with E-state index in [-0.39, 0.29) is 24.4 Å². The Labute approximate surface area is 108 Å². The molecule has 0 aromatic heterocycles. The fourth-order valence-electron chi connectivity index (χ4n) is 2.41. The van der Waals surface area contributed by atoms with Crippen LogP contribution in [-0.2, 0) is 9.59 Å². The summed E-state index contributed by atoms with van der Waals surface area (Å²) in [7, 11) is 0. The van der Waals surface area contributed by atoms with Gasteiger partial charge in [0.2, 0.25) is 11.8 Å². The highest BCUT2D eigenvalue weighted by Gasteiger charge is 2.29. The summed E-state index contributed by atoms with van der Waals surface area (Å²) < 4.78 is 0. The lowest BCUT2D eigenvalue weighted by Crippen LogP contribution is -2.43. The third-order valence-corrected chi connectivity index (χ3v) is 3.79. The van der Waals surface area contributed by atoms with Gasteiger partial charge in [0.15, 0.2) is 0 Å². The number of hydrogen-bond acceptors (Lipinski definition) is 3. The third-order valence-electron chi connectivity index (χ3n) is 3.79. The van der Waals surface area contributed by atoms with Crippen LogP contribution < -0.4 is 11.1 Å². The second-order valence-electron chi connectivity index (χ2n) is 5.42. The quantitative estimate of drug-likeness (QED) is 0.737. The van der Waals surface area contributed by atoms with Gasteiger partial charge in [-0.2, -0.15) is 0 Å². The number of nitrogens with one attached hydrogen (secondary N) is 1. The molecule has 0 radical (unpaired) electrons. The molecule has 102 valence electrons. The Balaban J connectivity index is 1.63. The highest BCUT2D eigenvalue weighted by molar-refractivity contribution is 5.85. The zero-order valence-electron chi connectivity index (χ0n) is 10.9. The molecule has 18 heavy (non-hydrogen) atoms. The first-order valence-electron chi connectivity index (χ1n) is 6.97. The van der Waals surface area contributed by atoms with Crippen molar-refractivity contribution >= 4 is 11.8 Å². The van der Waals surface area contributed by atoms with Crippen molar-refractivity contribution in [1.29, 1.82) is 0 Å². The van der Waals surface area contributed by atoms with Crippen LogP contribution in [0.25, 0.3) is 0 Å². The van der Waals surface area contributed by atoms with E-state index in [1.807, 2.05) is 4.90 Å². The maximum atomic E-state index is 11.8. The highest BCUT2D eigenvalue weighted by atomic mass is 16.2. The predicted molar refractivity (Wildman–Crippen MR) is 68.8 cm³/mol. The molecular formula is C13H23N3O2. The van der Waals surface area contributed by atoms with E-state index in [9.17, 15) is 9.59 Å². The van der Waals surface area contributed by atoms with Crippen LogP contribution in [0.15, 0.2) is 0 Å². The minimum Gasteiger partial charge on any atom is -0.347 e. The van der Waals surface area contributed by atoms with Crippen LogP contribution in [0.2, 0.25) is 0 Å². The van der Waals surface area contributed by atoms with Gasteiger partial charge in [0.05, 0.1) is 6.54 Å². The largest absolute Gasteiger partial charge is 0.347 e. The second-order valence-corrected chi connectivity index (χ2v) is 5.42. The lowest BCUT2D eigenvalue weighted by atomic mass is 10.1. The van der Waals surface area contributed by atoms with Gasteiger partial charge in [-0.25, -0.2) is 0 Å². The van der Waals surface area contributed by atoms with Crippen molar-refractivity contribution in [2.45, 2.75) is 44.6 Å². The fraction of sp³-hybridized carbons (Fsp3) is 0.846. The molecule has 2 amide bonds. The summed E-state index contributed by atoms with van der Waals surface area (Å²) >= 11 is 0. The monoisotopic (exact) mass is 253 g/mol. The maximum absolute atomic E-state index is 11.8. The van der Waals surface area contributed by atoms with Crippen LogP contribution in [0, 0.1) is 5.92 Å². The highest BCUT2D eigenvalue weighted by Crippen LogP contribution is 2.32. The van der Waals surface area contributed by atoms with Gasteiger partial charge in [-0.15, -0.1) is 0 Å². The summed E-state index contributed by atoms with van der Waals surface area (Å²) in [5, 5.41) is 2.68. The van der Waals surface area contributed by atoms with E-state index in [4.69, 9.17) is 5.73 Å². The summed E-state index contributed by atoms with van der Waals surface area (Å²) in [5.74, 6) is 0.455. The van der Waals surface area contributed by atoms with Crippen molar-refractivity contribution in [3.8, 4) is 0 Å². The Morgan fingerprint density at radius 3 is 2.50 bits per heavy atom. The number of piperidine rings is 1. The Bertz CT molecular complexity index is 309. The summed E-state index contributed by atoms with van der Waals surface area (Å²) in [4.78, 5) is 25.3. The number of rotatable bonds is 5. The van der Waals surface area contributed by atoms with Gasteiger partial charge in [-0.3, -0.25) is 9.59 Å². The van der Waals surface area contributed by atoms with Crippen LogP contribution in [0.5, 0.6) is 0 Å². The van der Waals surface area contributed by atoms with Gasteiger partial charge in [-0.05, 0) is 38.0 Å². The first kappa shape index (κ1) is 13.3. The lowest BCUT2D eigenvalue weighted by molar-refractivity contribution is -0.133. The topological polar surface area (TPSA) is 75.4 Å². The minimum atomic E-state index is -0.0974. The molecule has 0 aromatic carbocycles. The van der Waals surface area contributed by atoms with Crippen molar-refractivity contribution in [1.82, 2.24) is 10.2 Å². The molecule has 1 aliphatic heterocycles. The van der Waals surface area contributed by atoms with Crippen LogP contribution in [0.3, 0.4) is 0 Å². The minimum absolute atomic E-state index is 0.0306. The third kappa shape index (κ3) is 3.98. The smallest absolute Gasteiger partial charge is 0.241 e. The molecule has 5 heteroatoms. The summed E-state index contributed by atoms with van der Waals surface area (Å²) in [6, 6.07) is -0.0323. The molecule has 2 fully saturated rings. The fourth-order valence-corrected chi connectivity index (χ4v) is 2.41. The van der Waals surface area contributed by atoms with Crippen LogP contribution in [-0.4, -0.2) is 42.4 Å². The van der Waals surface area contributed by atoms with E-state index in [2.05, 4.69) is 5.32 Å². The van der Waals surface area contributed by atoms with E-state index in [1.165, 1.54) is 6.42 Å². The van der Waals surface area contributed by atoms with Crippen LogP contribution >= 0.6 is 0 Å². The van der Waals surface area contributed by atoms with Crippen LogP contribution in [0.1, 0.15) is 38.5 Å². The maximum Gasteiger partial charge on any atom is 0.241 e. The number of likely N-dealkylation sites (tertiary alicyclic amines) is 1. The number of carbonyl (C=O) groups excluding carboxylic acids is 2. The first-order chi connectivity index (χ1) is 8.66. The number of nitrogens with two attached hydrogens (primary N) is 1. The summed E-state index contributed by atoms with van der Waals surface area (Å²) in [6.45, 7) is 1.78. The van der Waals surface area contributed by atoms with Gasteiger partial charge in [0, 0.05) is 25.6 Å². The summed E-state index contributed by atoms with van der Waals surface area (Å²) in [6.07, 6.45) is 5.98. The molecule has 0 aromatic rings. The molecule has 2 rings (SSSR count). The van der Waals surface area contributed by atoms with Crippen molar-refractivity contribution in [2.75, 3.05) is 19.6 Å². The summed E-state index contributed by atoms with van der Waals surface area (Å²) in [5.41, 5.74) is 5.87. The van der Waals surface area contributed by atoms with Gasteiger partial charge in [0.25, 0.3) is 0 Å². The zero-order valence-corrected chi connectivity index (χ0v) is 10.9. The molecule has 5 nitrogen and oxygen atoms in total. The van der Waals surface area contributed by atoms with E-state index in [0.717, 1.165) is 38.8 Å². The molecule has 3 N–H and O–H groups in total. The second kappa shape index (κ2) is 6.18. The number of hydrogen-bond donors (Lipinski definition) is 2. The number of carbonyl (C=O) groups is 2. The van der Waals surface area contributed by atoms with E-state index in [1.54, 1.807) is 0 Å². The Hall–Kier alpha value is -1.10. The zero-order chi connectivity index (χ0) is 13.0. The molecule has 2 aliphatic rings. The Kier molecular flexibility index (Phi) is 4.58. The van der Waals surface area contributed by atoms with Gasteiger partial charge in [-0.1, -0.05) is 0 Å². The van der Waals surface area contributed by atoms with Crippen molar-refractivity contribution in [2.24, 2.45) is 11.7 Å². The average Bonchev–Trinajstić information content (AvgIpc) is 3.21. The normalized spacial score (nSPS) is 21.5.